The molecule has 2 aromatic rings. The molecule has 1 heterocycles. The van der Waals surface area contributed by atoms with E-state index in [0.29, 0.717) is 36.5 Å². The Balaban J connectivity index is 1.54. The van der Waals surface area contributed by atoms with Crippen molar-refractivity contribution in [2.45, 2.75) is 57.2 Å². The molecule has 1 amide bonds. The third-order valence-corrected chi connectivity index (χ3v) is 6.59. The number of aryl methyl sites for hydroxylation is 1. The zero-order valence-corrected chi connectivity index (χ0v) is 18.7. The van der Waals surface area contributed by atoms with E-state index in [1.165, 1.54) is 12.1 Å². The van der Waals surface area contributed by atoms with Gasteiger partial charge in [0.1, 0.15) is 0 Å². The maximum absolute atomic E-state index is 13.3. The number of benzene rings is 2. The molecule has 8 heteroatoms. The number of amides is 1. The summed E-state index contributed by atoms with van der Waals surface area (Å²) in [6, 6.07) is 11.2. The number of rotatable bonds is 4. The van der Waals surface area contributed by atoms with E-state index < -0.39 is 17.3 Å². The number of hydrogen-bond acceptors (Lipinski definition) is 2. The highest BCUT2D eigenvalue weighted by Gasteiger charge is 2.38. The molecular weight excluding hydrogens is 435 g/mol. The molecule has 170 valence electrons. The molecule has 32 heavy (non-hydrogen) atoms. The van der Waals surface area contributed by atoms with Crippen molar-refractivity contribution >= 4 is 34.6 Å². The number of carbonyl (C=O) groups excluding carboxylic acids is 1. The van der Waals surface area contributed by atoms with Crippen LogP contribution in [0, 0.1) is 6.92 Å². The fraction of sp³-hybridized carbons (Fsp3) is 0.417. The molecule has 0 spiro atoms. The number of halogens is 3. The van der Waals surface area contributed by atoms with Crippen LogP contribution in [0.5, 0.6) is 0 Å². The van der Waals surface area contributed by atoms with Gasteiger partial charge in [-0.25, -0.2) is 0 Å². The summed E-state index contributed by atoms with van der Waals surface area (Å²) in [5.74, 6) is 0.111. The Hall–Kier alpha value is -2.61. The quantitative estimate of drug-likeness (QED) is 0.557. The molecule has 1 saturated heterocycles. The van der Waals surface area contributed by atoms with Crippen molar-refractivity contribution in [3.8, 4) is 0 Å². The maximum atomic E-state index is 13.3. The van der Waals surface area contributed by atoms with Gasteiger partial charge >= 0.3 is 6.18 Å². The molecule has 2 fully saturated rings. The van der Waals surface area contributed by atoms with Gasteiger partial charge in [-0.05, 0) is 73.8 Å². The zero-order chi connectivity index (χ0) is 22.9. The van der Waals surface area contributed by atoms with Gasteiger partial charge in [0, 0.05) is 24.3 Å². The first kappa shape index (κ1) is 22.6. The zero-order valence-electron chi connectivity index (χ0n) is 17.9. The lowest BCUT2D eigenvalue weighted by atomic mass is 9.87. The van der Waals surface area contributed by atoms with Crippen molar-refractivity contribution in [2.24, 2.45) is 0 Å². The third kappa shape index (κ3) is 4.60. The summed E-state index contributed by atoms with van der Waals surface area (Å²) in [6.45, 7) is 2.66. The fourth-order valence-corrected chi connectivity index (χ4v) is 5.03. The summed E-state index contributed by atoms with van der Waals surface area (Å²) < 4.78 is 39.8. The lowest BCUT2D eigenvalue weighted by Crippen LogP contribution is -2.45. The van der Waals surface area contributed by atoms with Gasteiger partial charge in [0.15, 0.2) is 5.11 Å². The van der Waals surface area contributed by atoms with Crippen LogP contribution in [0.3, 0.4) is 0 Å². The van der Waals surface area contributed by atoms with E-state index in [1.54, 1.807) is 11.0 Å². The summed E-state index contributed by atoms with van der Waals surface area (Å²) in [4.78, 5) is 14.0. The van der Waals surface area contributed by atoms with Crippen LogP contribution in [0.2, 0.25) is 0 Å². The molecular formula is C24H26F3N3OS. The van der Waals surface area contributed by atoms with E-state index in [2.05, 4.69) is 10.6 Å². The minimum absolute atomic E-state index is 0.111. The topological polar surface area (TPSA) is 44.4 Å². The largest absolute Gasteiger partial charge is 0.416 e. The standard InChI is InChI=1S/C24H26F3N3OS/c1-16-9-10-19(15-20(16)30-13-5-8-21(30)31)28-22(32)29-23(11-2-3-12-23)17-6-4-7-18(14-17)24(25,26)27/h4,6-7,9-10,14-15H,2-3,5,8,11-13H2,1H3,(H2,28,29,32). The van der Waals surface area contributed by atoms with Crippen molar-refractivity contribution in [1.29, 1.82) is 0 Å². The van der Waals surface area contributed by atoms with Crippen LogP contribution in [-0.4, -0.2) is 17.6 Å². The Morgan fingerprint density at radius 3 is 2.50 bits per heavy atom. The van der Waals surface area contributed by atoms with Gasteiger partial charge in [-0.3, -0.25) is 4.79 Å². The van der Waals surface area contributed by atoms with E-state index >= 15 is 0 Å². The summed E-state index contributed by atoms with van der Waals surface area (Å²) >= 11 is 5.56. The second kappa shape index (κ2) is 8.73. The number of hydrogen-bond donors (Lipinski definition) is 2. The number of thiocarbonyl (C=S) groups is 1. The van der Waals surface area contributed by atoms with E-state index in [-0.39, 0.29) is 5.91 Å². The summed E-state index contributed by atoms with van der Waals surface area (Å²) in [5.41, 5.74) is 1.90. The minimum atomic E-state index is -4.39. The van der Waals surface area contributed by atoms with Crippen molar-refractivity contribution < 1.29 is 18.0 Å². The van der Waals surface area contributed by atoms with Gasteiger partial charge in [0.25, 0.3) is 0 Å². The predicted octanol–water partition coefficient (Wildman–Crippen LogP) is 5.90. The normalized spacial score (nSPS) is 18.1. The lowest BCUT2D eigenvalue weighted by Gasteiger charge is -2.33. The van der Waals surface area contributed by atoms with Crippen LogP contribution in [0.25, 0.3) is 0 Å². The number of anilines is 2. The first-order valence-electron chi connectivity index (χ1n) is 10.9. The van der Waals surface area contributed by atoms with Crippen molar-refractivity contribution in [3.63, 3.8) is 0 Å². The molecule has 2 aliphatic rings. The first-order chi connectivity index (χ1) is 15.2. The van der Waals surface area contributed by atoms with Crippen LogP contribution in [0.15, 0.2) is 42.5 Å². The van der Waals surface area contributed by atoms with Gasteiger partial charge in [-0.15, -0.1) is 0 Å². The molecule has 0 radical (unpaired) electrons. The molecule has 4 rings (SSSR count). The predicted molar refractivity (Wildman–Crippen MR) is 124 cm³/mol. The van der Waals surface area contributed by atoms with Gasteiger partial charge in [0.05, 0.1) is 11.1 Å². The van der Waals surface area contributed by atoms with Crippen molar-refractivity contribution in [1.82, 2.24) is 5.32 Å². The van der Waals surface area contributed by atoms with Crippen molar-refractivity contribution in [3.05, 3.63) is 59.2 Å². The molecule has 0 bridgehead atoms. The average Bonchev–Trinajstić information content (AvgIpc) is 3.39. The van der Waals surface area contributed by atoms with Gasteiger partial charge in [-0.1, -0.05) is 31.0 Å². The van der Waals surface area contributed by atoms with E-state index in [4.69, 9.17) is 12.2 Å². The van der Waals surface area contributed by atoms with Crippen LogP contribution in [0.1, 0.15) is 55.2 Å². The maximum Gasteiger partial charge on any atom is 0.416 e. The van der Waals surface area contributed by atoms with Crippen LogP contribution >= 0.6 is 12.2 Å². The Bertz CT molecular complexity index is 1030. The molecule has 4 nitrogen and oxygen atoms in total. The number of carbonyl (C=O) groups is 1. The number of alkyl halides is 3. The molecule has 1 saturated carbocycles. The smallest absolute Gasteiger partial charge is 0.353 e. The number of nitrogens with one attached hydrogen (secondary N) is 2. The molecule has 2 N–H and O–H groups in total. The van der Waals surface area contributed by atoms with E-state index in [1.807, 2.05) is 25.1 Å². The van der Waals surface area contributed by atoms with Gasteiger partial charge < -0.3 is 15.5 Å². The molecule has 0 unspecified atom stereocenters. The van der Waals surface area contributed by atoms with Crippen molar-refractivity contribution in [2.75, 3.05) is 16.8 Å². The Kier molecular flexibility index (Phi) is 6.16. The first-order valence-corrected chi connectivity index (χ1v) is 11.3. The summed E-state index contributed by atoms with van der Waals surface area (Å²) in [6.07, 6.45) is 0.246. The second-order valence-electron chi connectivity index (χ2n) is 8.60. The second-order valence-corrected chi connectivity index (χ2v) is 9.01. The average molecular weight is 462 g/mol. The Morgan fingerprint density at radius 1 is 1.09 bits per heavy atom. The Labute approximate surface area is 191 Å². The highest BCUT2D eigenvalue weighted by molar-refractivity contribution is 7.80. The Morgan fingerprint density at radius 2 is 1.84 bits per heavy atom. The summed E-state index contributed by atoms with van der Waals surface area (Å²) in [5, 5.41) is 6.85. The highest BCUT2D eigenvalue weighted by atomic mass is 32.1. The van der Waals surface area contributed by atoms with E-state index in [0.717, 1.165) is 42.3 Å². The number of nitrogens with zero attached hydrogens (tertiary/aromatic N) is 1. The fourth-order valence-electron chi connectivity index (χ4n) is 4.72. The molecule has 0 atom stereocenters. The van der Waals surface area contributed by atoms with E-state index in [9.17, 15) is 18.0 Å². The van der Waals surface area contributed by atoms with Crippen LogP contribution in [-0.2, 0) is 16.5 Å². The SMILES string of the molecule is Cc1ccc(NC(=S)NC2(c3cccc(C(F)(F)F)c3)CCCC2)cc1N1CCCC1=O. The van der Waals surface area contributed by atoms with Crippen LogP contribution in [0.4, 0.5) is 24.5 Å². The molecule has 1 aliphatic carbocycles. The molecule has 1 aliphatic heterocycles. The van der Waals surface area contributed by atoms with Gasteiger partial charge in [-0.2, -0.15) is 13.2 Å². The third-order valence-electron chi connectivity index (χ3n) is 6.38. The van der Waals surface area contributed by atoms with Gasteiger partial charge in [0.2, 0.25) is 5.91 Å². The summed E-state index contributed by atoms with van der Waals surface area (Å²) in [7, 11) is 0. The monoisotopic (exact) mass is 461 g/mol. The minimum Gasteiger partial charge on any atom is -0.353 e. The van der Waals surface area contributed by atoms with Crippen LogP contribution < -0.4 is 15.5 Å². The highest BCUT2D eigenvalue weighted by Crippen LogP contribution is 2.41. The molecule has 2 aromatic carbocycles. The molecule has 0 aromatic heterocycles. The lowest BCUT2D eigenvalue weighted by molar-refractivity contribution is -0.137.